The molecule has 4 nitrogen and oxygen atoms in total. The molecular formula is C21H24N2O2. The molecule has 4 heteroatoms. The summed E-state index contributed by atoms with van der Waals surface area (Å²) in [5, 5.41) is 10.6. The Labute approximate surface area is 148 Å². The van der Waals surface area contributed by atoms with E-state index in [9.17, 15) is 9.90 Å². The number of rotatable bonds is 7. The summed E-state index contributed by atoms with van der Waals surface area (Å²) in [6.45, 7) is 0.0552. The van der Waals surface area contributed by atoms with E-state index in [4.69, 9.17) is 0 Å². The van der Waals surface area contributed by atoms with Crippen LogP contribution < -0.4 is 0 Å². The number of aliphatic hydroxyl groups is 1. The number of nitrogens with zero attached hydrogens (tertiary/aromatic N) is 1. The molecule has 25 heavy (non-hydrogen) atoms. The second kappa shape index (κ2) is 7.99. The Balaban J connectivity index is 1.69. The SMILES string of the molecule is CN(C(=O)CCc1c[nH]c2ccccc12)C(CCO)c1ccccc1. The maximum Gasteiger partial charge on any atom is 0.223 e. The molecule has 1 aromatic heterocycles. The third kappa shape index (κ3) is 3.91. The Bertz CT molecular complexity index is 826. The van der Waals surface area contributed by atoms with E-state index in [-0.39, 0.29) is 18.6 Å². The first-order chi connectivity index (χ1) is 12.2. The summed E-state index contributed by atoms with van der Waals surface area (Å²) < 4.78 is 0. The highest BCUT2D eigenvalue weighted by molar-refractivity contribution is 5.84. The maximum atomic E-state index is 12.7. The van der Waals surface area contributed by atoms with Gasteiger partial charge < -0.3 is 15.0 Å². The van der Waals surface area contributed by atoms with E-state index < -0.39 is 0 Å². The van der Waals surface area contributed by atoms with Crippen LogP contribution in [0.2, 0.25) is 0 Å². The first-order valence-corrected chi connectivity index (χ1v) is 8.67. The number of benzene rings is 2. The van der Waals surface area contributed by atoms with Gasteiger partial charge in [-0.3, -0.25) is 4.79 Å². The van der Waals surface area contributed by atoms with Gasteiger partial charge in [0.2, 0.25) is 5.91 Å². The minimum absolute atomic E-state index is 0.0552. The van der Waals surface area contributed by atoms with Crippen molar-refractivity contribution < 1.29 is 9.90 Å². The van der Waals surface area contributed by atoms with E-state index in [2.05, 4.69) is 11.1 Å². The molecule has 1 amide bonds. The highest BCUT2D eigenvalue weighted by atomic mass is 16.3. The summed E-state index contributed by atoms with van der Waals surface area (Å²) in [6.07, 6.45) is 3.68. The van der Waals surface area contributed by atoms with E-state index in [1.807, 2.05) is 61.8 Å². The van der Waals surface area contributed by atoms with E-state index in [0.29, 0.717) is 19.3 Å². The van der Waals surface area contributed by atoms with Gasteiger partial charge in [0.05, 0.1) is 6.04 Å². The number of hydrogen-bond donors (Lipinski definition) is 2. The molecule has 0 saturated heterocycles. The molecule has 3 aromatic rings. The largest absolute Gasteiger partial charge is 0.396 e. The average Bonchev–Trinajstić information content (AvgIpc) is 3.07. The summed E-state index contributed by atoms with van der Waals surface area (Å²) in [7, 11) is 1.82. The number of aromatic amines is 1. The number of aryl methyl sites for hydroxylation is 1. The second-order valence-electron chi connectivity index (χ2n) is 6.30. The zero-order valence-electron chi connectivity index (χ0n) is 14.5. The number of para-hydroxylation sites is 1. The van der Waals surface area contributed by atoms with Gasteiger partial charge in [-0.05, 0) is 30.0 Å². The zero-order valence-corrected chi connectivity index (χ0v) is 14.5. The molecule has 0 saturated carbocycles. The molecule has 1 heterocycles. The topological polar surface area (TPSA) is 56.3 Å². The smallest absolute Gasteiger partial charge is 0.223 e. The Morgan fingerprint density at radius 2 is 1.84 bits per heavy atom. The van der Waals surface area contributed by atoms with Crippen LogP contribution >= 0.6 is 0 Å². The first kappa shape index (κ1) is 17.2. The van der Waals surface area contributed by atoms with Gasteiger partial charge in [-0.2, -0.15) is 0 Å². The lowest BCUT2D eigenvalue weighted by atomic mass is 10.0. The second-order valence-corrected chi connectivity index (χ2v) is 6.30. The maximum absolute atomic E-state index is 12.7. The molecule has 0 aliphatic heterocycles. The summed E-state index contributed by atoms with van der Waals surface area (Å²) in [4.78, 5) is 17.7. The minimum atomic E-state index is -0.0957. The zero-order chi connectivity index (χ0) is 17.6. The lowest BCUT2D eigenvalue weighted by Crippen LogP contribution is -2.32. The number of fused-ring (bicyclic) bond motifs is 1. The van der Waals surface area contributed by atoms with Gasteiger partial charge in [0, 0.05) is 37.2 Å². The summed E-state index contributed by atoms with van der Waals surface area (Å²) in [5.74, 6) is 0.0904. The molecule has 1 unspecified atom stereocenters. The van der Waals surface area contributed by atoms with Gasteiger partial charge >= 0.3 is 0 Å². The van der Waals surface area contributed by atoms with Crippen LogP contribution in [0.15, 0.2) is 60.8 Å². The van der Waals surface area contributed by atoms with Crippen molar-refractivity contribution in [1.82, 2.24) is 9.88 Å². The third-order valence-electron chi connectivity index (χ3n) is 4.73. The van der Waals surface area contributed by atoms with Crippen LogP contribution in [-0.4, -0.2) is 34.6 Å². The van der Waals surface area contributed by atoms with Crippen molar-refractivity contribution in [2.45, 2.75) is 25.3 Å². The number of aliphatic hydroxyl groups excluding tert-OH is 1. The summed E-state index contributed by atoms with van der Waals surface area (Å²) in [5.41, 5.74) is 3.32. The van der Waals surface area contributed by atoms with E-state index in [1.165, 1.54) is 5.39 Å². The van der Waals surface area contributed by atoms with E-state index in [0.717, 1.165) is 16.6 Å². The lowest BCUT2D eigenvalue weighted by Gasteiger charge is -2.28. The Morgan fingerprint density at radius 3 is 2.60 bits per heavy atom. The van der Waals surface area contributed by atoms with Crippen molar-refractivity contribution in [3.05, 3.63) is 71.9 Å². The average molecular weight is 336 g/mol. The van der Waals surface area contributed by atoms with Crippen molar-refractivity contribution in [3.63, 3.8) is 0 Å². The minimum Gasteiger partial charge on any atom is -0.396 e. The summed E-state index contributed by atoms with van der Waals surface area (Å²) in [6, 6.07) is 17.9. The predicted molar refractivity (Wildman–Crippen MR) is 100 cm³/mol. The summed E-state index contributed by atoms with van der Waals surface area (Å²) >= 11 is 0. The van der Waals surface area contributed by atoms with Crippen molar-refractivity contribution in [3.8, 4) is 0 Å². The number of carbonyl (C=O) groups excluding carboxylic acids is 1. The number of amides is 1. The Hall–Kier alpha value is -2.59. The molecule has 0 fully saturated rings. The molecule has 0 spiro atoms. The predicted octanol–water partition coefficient (Wildman–Crippen LogP) is 3.68. The van der Waals surface area contributed by atoms with Crippen molar-refractivity contribution in [2.75, 3.05) is 13.7 Å². The van der Waals surface area contributed by atoms with Gasteiger partial charge in [0.1, 0.15) is 0 Å². The molecule has 0 aliphatic rings. The van der Waals surface area contributed by atoms with E-state index >= 15 is 0 Å². The van der Waals surface area contributed by atoms with Crippen LogP contribution in [0, 0.1) is 0 Å². The first-order valence-electron chi connectivity index (χ1n) is 8.67. The fraction of sp³-hybridized carbons (Fsp3) is 0.286. The number of aromatic nitrogens is 1. The number of nitrogens with one attached hydrogen (secondary N) is 1. The fourth-order valence-electron chi connectivity index (χ4n) is 3.31. The normalized spacial score (nSPS) is 12.2. The van der Waals surface area contributed by atoms with Crippen molar-refractivity contribution in [2.24, 2.45) is 0 Å². The number of hydrogen-bond acceptors (Lipinski definition) is 2. The van der Waals surface area contributed by atoms with Gasteiger partial charge in [0.25, 0.3) is 0 Å². The highest BCUT2D eigenvalue weighted by Gasteiger charge is 2.21. The van der Waals surface area contributed by atoms with Crippen LogP contribution in [-0.2, 0) is 11.2 Å². The van der Waals surface area contributed by atoms with Crippen LogP contribution in [0.4, 0.5) is 0 Å². The van der Waals surface area contributed by atoms with Gasteiger partial charge in [0.15, 0.2) is 0 Å². The molecule has 0 radical (unpaired) electrons. The van der Waals surface area contributed by atoms with Crippen molar-refractivity contribution >= 4 is 16.8 Å². The quantitative estimate of drug-likeness (QED) is 0.691. The van der Waals surface area contributed by atoms with Crippen LogP contribution in [0.5, 0.6) is 0 Å². The van der Waals surface area contributed by atoms with Crippen molar-refractivity contribution in [1.29, 1.82) is 0 Å². The van der Waals surface area contributed by atoms with Gasteiger partial charge in [-0.1, -0.05) is 48.5 Å². The fourth-order valence-corrected chi connectivity index (χ4v) is 3.31. The Morgan fingerprint density at radius 1 is 1.12 bits per heavy atom. The number of H-pyrrole nitrogens is 1. The standard InChI is InChI=1S/C21H24N2O2/c1-23(20(13-14-24)16-7-3-2-4-8-16)21(25)12-11-17-15-22-19-10-6-5-9-18(17)19/h2-10,15,20,22,24H,11-14H2,1H3. The molecule has 2 aromatic carbocycles. The Kier molecular flexibility index (Phi) is 5.51. The molecule has 0 bridgehead atoms. The molecule has 2 N–H and O–H groups in total. The van der Waals surface area contributed by atoms with E-state index in [1.54, 1.807) is 4.90 Å². The molecule has 3 rings (SSSR count). The third-order valence-corrected chi connectivity index (χ3v) is 4.73. The molecule has 130 valence electrons. The highest BCUT2D eigenvalue weighted by Crippen LogP contribution is 2.24. The van der Waals surface area contributed by atoms with Crippen LogP contribution in [0.3, 0.4) is 0 Å². The van der Waals surface area contributed by atoms with Gasteiger partial charge in [-0.15, -0.1) is 0 Å². The number of carbonyl (C=O) groups is 1. The molecular weight excluding hydrogens is 312 g/mol. The van der Waals surface area contributed by atoms with Gasteiger partial charge in [-0.25, -0.2) is 0 Å². The monoisotopic (exact) mass is 336 g/mol. The lowest BCUT2D eigenvalue weighted by molar-refractivity contribution is -0.132. The van der Waals surface area contributed by atoms with Crippen LogP contribution in [0.1, 0.15) is 30.0 Å². The van der Waals surface area contributed by atoms with Crippen LogP contribution in [0.25, 0.3) is 10.9 Å². The molecule has 1 atom stereocenters. The molecule has 0 aliphatic carbocycles.